The molecule has 31 heavy (non-hydrogen) atoms. The van der Waals surface area contributed by atoms with Crippen molar-refractivity contribution >= 4 is 34.0 Å². The Labute approximate surface area is 187 Å². The monoisotopic (exact) mass is 482 g/mol. The normalized spacial score (nSPS) is 10.5. The first-order valence-electron chi connectivity index (χ1n) is 9.14. The van der Waals surface area contributed by atoms with Gasteiger partial charge in [-0.2, -0.15) is 5.10 Å². The predicted molar refractivity (Wildman–Crippen MR) is 120 cm³/mol. The molecule has 7 nitrogen and oxygen atoms in total. The van der Waals surface area contributed by atoms with E-state index < -0.39 is 11.9 Å². The molecule has 0 aromatic heterocycles. The zero-order valence-corrected chi connectivity index (χ0v) is 18.4. The Morgan fingerprint density at radius 2 is 1.68 bits per heavy atom. The number of esters is 1. The van der Waals surface area contributed by atoms with E-state index in [2.05, 4.69) is 26.5 Å². The highest BCUT2D eigenvalue weighted by atomic mass is 79.9. The fourth-order valence-corrected chi connectivity index (χ4v) is 3.01. The quantitative estimate of drug-likeness (QED) is 0.232. The number of hydrazone groups is 1. The van der Waals surface area contributed by atoms with E-state index in [9.17, 15) is 9.59 Å². The van der Waals surface area contributed by atoms with E-state index in [0.29, 0.717) is 33.9 Å². The van der Waals surface area contributed by atoms with Gasteiger partial charge in [-0.25, -0.2) is 10.2 Å². The molecule has 0 saturated carbocycles. The van der Waals surface area contributed by atoms with Crippen LogP contribution < -0.4 is 19.6 Å². The van der Waals surface area contributed by atoms with Gasteiger partial charge in [-0.15, -0.1) is 0 Å². The topological polar surface area (TPSA) is 86.2 Å². The molecule has 158 valence electrons. The lowest BCUT2D eigenvalue weighted by Crippen LogP contribution is -2.18. The van der Waals surface area contributed by atoms with Crippen LogP contribution in [0.4, 0.5) is 0 Å². The number of benzene rings is 3. The van der Waals surface area contributed by atoms with Crippen molar-refractivity contribution in [2.45, 2.75) is 0 Å². The van der Waals surface area contributed by atoms with Gasteiger partial charge in [-0.05, 0) is 54.6 Å². The molecule has 3 aromatic carbocycles. The Bertz CT molecular complexity index is 1110. The molecule has 0 aliphatic heterocycles. The lowest BCUT2D eigenvalue weighted by molar-refractivity contribution is 0.0734. The number of halogens is 1. The van der Waals surface area contributed by atoms with Crippen molar-refractivity contribution in [1.82, 2.24) is 5.43 Å². The molecule has 0 saturated heterocycles. The lowest BCUT2D eigenvalue weighted by Gasteiger charge is -2.08. The van der Waals surface area contributed by atoms with E-state index in [0.717, 1.165) is 4.47 Å². The smallest absolute Gasteiger partial charge is 0.343 e. The largest absolute Gasteiger partial charge is 0.497 e. The minimum absolute atomic E-state index is 0.307. The van der Waals surface area contributed by atoms with Crippen LogP contribution in [0.5, 0.6) is 17.2 Å². The zero-order valence-electron chi connectivity index (χ0n) is 16.8. The second-order valence-electron chi connectivity index (χ2n) is 6.20. The van der Waals surface area contributed by atoms with Crippen LogP contribution in [0.15, 0.2) is 76.3 Å². The molecule has 0 atom stereocenters. The molecule has 0 fully saturated rings. The summed E-state index contributed by atoms with van der Waals surface area (Å²) in [5.41, 5.74) is 3.67. The summed E-state index contributed by atoms with van der Waals surface area (Å²) in [5.74, 6) is 0.404. The second kappa shape index (κ2) is 10.4. The maximum Gasteiger partial charge on any atom is 0.343 e. The van der Waals surface area contributed by atoms with Gasteiger partial charge in [0.25, 0.3) is 5.91 Å². The van der Waals surface area contributed by atoms with Crippen LogP contribution in [0.2, 0.25) is 0 Å². The summed E-state index contributed by atoms with van der Waals surface area (Å²) in [7, 11) is 3.03. The first-order chi connectivity index (χ1) is 15.0. The molecule has 0 heterocycles. The van der Waals surface area contributed by atoms with Crippen LogP contribution in [-0.4, -0.2) is 32.3 Å². The van der Waals surface area contributed by atoms with E-state index in [1.54, 1.807) is 73.8 Å². The fraction of sp³-hybridized carbons (Fsp3) is 0.0870. The average molecular weight is 483 g/mol. The summed E-state index contributed by atoms with van der Waals surface area (Å²) < 4.78 is 16.5. The van der Waals surface area contributed by atoms with Crippen molar-refractivity contribution in [2.24, 2.45) is 5.10 Å². The first-order valence-corrected chi connectivity index (χ1v) is 9.93. The number of para-hydroxylation sites is 1. The van der Waals surface area contributed by atoms with Gasteiger partial charge in [0.1, 0.15) is 17.2 Å². The Hall–Kier alpha value is -3.65. The Morgan fingerprint density at radius 3 is 2.39 bits per heavy atom. The van der Waals surface area contributed by atoms with E-state index >= 15 is 0 Å². The van der Waals surface area contributed by atoms with Crippen molar-refractivity contribution in [3.05, 3.63) is 87.9 Å². The van der Waals surface area contributed by atoms with Gasteiger partial charge >= 0.3 is 5.97 Å². The molecule has 0 aliphatic carbocycles. The van der Waals surface area contributed by atoms with E-state index in [1.165, 1.54) is 13.3 Å². The average Bonchev–Trinajstić information content (AvgIpc) is 2.80. The number of carbonyl (C=O) groups excluding carboxylic acids is 2. The molecule has 0 bridgehead atoms. The third kappa shape index (κ3) is 5.70. The molecular formula is C23H19BrN2O5. The molecular weight excluding hydrogens is 464 g/mol. The summed E-state index contributed by atoms with van der Waals surface area (Å²) in [4.78, 5) is 24.9. The highest BCUT2D eigenvalue weighted by Crippen LogP contribution is 2.23. The van der Waals surface area contributed by atoms with Gasteiger partial charge in [0.15, 0.2) is 0 Å². The number of ether oxygens (including phenoxy) is 3. The Balaban J connectivity index is 1.71. The van der Waals surface area contributed by atoms with Gasteiger partial charge < -0.3 is 14.2 Å². The number of methoxy groups -OCH3 is 2. The number of nitrogens with one attached hydrogen (secondary N) is 1. The van der Waals surface area contributed by atoms with Gasteiger partial charge in [-0.3, -0.25) is 4.79 Å². The van der Waals surface area contributed by atoms with Crippen molar-refractivity contribution in [1.29, 1.82) is 0 Å². The summed E-state index contributed by atoms with van der Waals surface area (Å²) in [6.07, 6.45) is 1.40. The maximum absolute atomic E-state index is 12.4. The van der Waals surface area contributed by atoms with Crippen LogP contribution in [0, 0.1) is 0 Å². The van der Waals surface area contributed by atoms with Crippen LogP contribution in [-0.2, 0) is 0 Å². The van der Waals surface area contributed by atoms with Gasteiger partial charge in [-0.1, -0.05) is 28.1 Å². The van der Waals surface area contributed by atoms with Gasteiger partial charge in [0, 0.05) is 10.0 Å². The Kier molecular flexibility index (Phi) is 7.40. The van der Waals surface area contributed by atoms with E-state index in [1.807, 2.05) is 0 Å². The van der Waals surface area contributed by atoms with Crippen molar-refractivity contribution < 1.29 is 23.8 Å². The van der Waals surface area contributed by atoms with Crippen molar-refractivity contribution in [2.75, 3.05) is 14.2 Å². The van der Waals surface area contributed by atoms with Crippen molar-refractivity contribution in [3.63, 3.8) is 0 Å². The minimum atomic E-state index is -0.522. The lowest BCUT2D eigenvalue weighted by atomic mass is 10.2. The molecule has 3 aromatic rings. The third-order valence-electron chi connectivity index (χ3n) is 4.22. The van der Waals surface area contributed by atoms with Crippen LogP contribution in [0.3, 0.4) is 0 Å². The standard InChI is InChI=1S/C23H19BrN2O5/c1-29-18-10-7-15(8-11-18)23(28)31-20-6-4-3-5-16(20)14-25-26-22(27)19-13-17(24)9-12-21(19)30-2/h3-14H,1-2H3,(H,26,27)/b25-14-. The predicted octanol–water partition coefficient (Wildman–Crippen LogP) is 4.45. The zero-order chi connectivity index (χ0) is 22.2. The molecule has 0 unspecified atom stereocenters. The molecule has 0 aliphatic rings. The number of hydrogen-bond donors (Lipinski definition) is 1. The van der Waals surface area contributed by atoms with Gasteiger partial charge in [0.05, 0.1) is 31.6 Å². The number of rotatable bonds is 7. The van der Waals surface area contributed by atoms with Crippen LogP contribution in [0.1, 0.15) is 26.3 Å². The highest BCUT2D eigenvalue weighted by molar-refractivity contribution is 9.10. The van der Waals surface area contributed by atoms with Gasteiger partial charge in [0.2, 0.25) is 0 Å². The Morgan fingerprint density at radius 1 is 0.935 bits per heavy atom. The minimum Gasteiger partial charge on any atom is -0.497 e. The number of nitrogens with zero attached hydrogens (tertiary/aromatic N) is 1. The number of hydrogen-bond acceptors (Lipinski definition) is 6. The molecule has 3 rings (SSSR count). The third-order valence-corrected chi connectivity index (χ3v) is 4.72. The first kappa shape index (κ1) is 22.0. The molecule has 8 heteroatoms. The highest BCUT2D eigenvalue weighted by Gasteiger charge is 2.13. The SMILES string of the molecule is COc1ccc(C(=O)Oc2ccccc2/C=N\NC(=O)c2cc(Br)ccc2OC)cc1. The van der Waals surface area contributed by atoms with E-state index in [-0.39, 0.29) is 0 Å². The number of carbonyl (C=O) groups is 2. The summed E-state index contributed by atoms with van der Waals surface area (Å²) in [5, 5.41) is 3.98. The van der Waals surface area contributed by atoms with Crippen LogP contribution >= 0.6 is 15.9 Å². The molecule has 1 N–H and O–H groups in total. The fourth-order valence-electron chi connectivity index (χ4n) is 2.64. The second-order valence-corrected chi connectivity index (χ2v) is 7.12. The van der Waals surface area contributed by atoms with Crippen LogP contribution in [0.25, 0.3) is 0 Å². The summed E-state index contributed by atoms with van der Waals surface area (Å²) >= 11 is 3.33. The molecule has 1 amide bonds. The summed E-state index contributed by atoms with van der Waals surface area (Å²) in [6, 6.07) is 18.5. The number of amides is 1. The van der Waals surface area contributed by atoms with Crippen molar-refractivity contribution in [3.8, 4) is 17.2 Å². The molecule has 0 spiro atoms. The summed E-state index contributed by atoms with van der Waals surface area (Å²) in [6.45, 7) is 0. The molecule has 0 radical (unpaired) electrons. The van der Waals surface area contributed by atoms with E-state index in [4.69, 9.17) is 14.2 Å². The maximum atomic E-state index is 12.4.